The molecule has 1 aromatic rings. The van der Waals surface area contributed by atoms with Crippen molar-refractivity contribution in [2.75, 3.05) is 13.1 Å². The molecule has 0 atom stereocenters. The first kappa shape index (κ1) is 13.0. The minimum absolute atomic E-state index is 0.348. The van der Waals surface area contributed by atoms with Crippen LogP contribution in [0.2, 0.25) is 0 Å². The highest BCUT2D eigenvalue weighted by atomic mass is 32.1. The number of nitrogens with one attached hydrogen (secondary N) is 1. The van der Waals surface area contributed by atoms with Gasteiger partial charge in [-0.1, -0.05) is 25.7 Å². The standard InChI is InChI=1S/C13H23N3S/c14-9-13(5-3-1-2-4-6-13)10-15-7-12-8-16-11-17-12/h8,11,15H,1-7,9-10,14H2. The van der Waals surface area contributed by atoms with Crippen LogP contribution in [0, 0.1) is 5.41 Å². The van der Waals surface area contributed by atoms with Crippen LogP contribution in [-0.4, -0.2) is 18.1 Å². The van der Waals surface area contributed by atoms with Crippen molar-refractivity contribution in [1.29, 1.82) is 0 Å². The second-order valence-electron chi connectivity index (χ2n) is 5.19. The second-order valence-corrected chi connectivity index (χ2v) is 6.16. The predicted octanol–water partition coefficient (Wildman–Crippen LogP) is 2.53. The zero-order chi connectivity index (χ0) is 12.0. The Morgan fingerprint density at radius 2 is 2.06 bits per heavy atom. The van der Waals surface area contributed by atoms with Gasteiger partial charge in [-0.05, 0) is 24.8 Å². The summed E-state index contributed by atoms with van der Waals surface area (Å²) < 4.78 is 0. The fourth-order valence-electron chi connectivity index (χ4n) is 2.71. The molecule has 0 radical (unpaired) electrons. The molecule has 0 bridgehead atoms. The lowest BCUT2D eigenvalue weighted by molar-refractivity contribution is 0.242. The van der Waals surface area contributed by atoms with Gasteiger partial charge >= 0.3 is 0 Å². The molecule has 3 nitrogen and oxygen atoms in total. The van der Waals surface area contributed by atoms with Crippen LogP contribution >= 0.6 is 11.3 Å². The predicted molar refractivity (Wildman–Crippen MR) is 73.0 cm³/mol. The quantitative estimate of drug-likeness (QED) is 0.793. The number of hydrogen-bond acceptors (Lipinski definition) is 4. The molecule has 1 aliphatic carbocycles. The van der Waals surface area contributed by atoms with Crippen LogP contribution in [0.1, 0.15) is 43.4 Å². The summed E-state index contributed by atoms with van der Waals surface area (Å²) >= 11 is 1.72. The van der Waals surface area contributed by atoms with Crippen molar-refractivity contribution < 1.29 is 0 Å². The van der Waals surface area contributed by atoms with Gasteiger partial charge in [0, 0.05) is 24.2 Å². The Bertz CT molecular complexity index is 302. The molecule has 0 saturated heterocycles. The van der Waals surface area contributed by atoms with Gasteiger partial charge in [-0.15, -0.1) is 11.3 Å². The van der Waals surface area contributed by atoms with Crippen molar-refractivity contribution in [2.24, 2.45) is 11.1 Å². The first-order chi connectivity index (χ1) is 8.35. The molecule has 1 aliphatic rings. The van der Waals surface area contributed by atoms with E-state index < -0.39 is 0 Å². The van der Waals surface area contributed by atoms with E-state index in [2.05, 4.69) is 10.3 Å². The normalized spacial score (nSPS) is 20.1. The zero-order valence-electron chi connectivity index (χ0n) is 10.5. The molecule has 1 saturated carbocycles. The van der Waals surface area contributed by atoms with Crippen LogP contribution in [0.5, 0.6) is 0 Å². The Balaban J connectivity index is 1.81. The Morgan fingerprint density at radius 1 is 1.29 bits per heavy atom. The molecule has 96 valence electrons. The van der Waals surface area contributed by atoms with Crippen molar-refractivity contribution in [3.63, 3.8) is 0 Å². The molecule has 17 heavy (non-hydrogen) atoms. The molecule has 1 fully saturated rings. The third kappa shape index (κ3) is 3.76. The molecule has 4 heteroatoms. The molecular weight excluding hydrogens is 230 g/mol. The van der Waals surface area contributed by atoms with Gasteiger partial charge in [-0.25, -0.2) is 0 Å². The van der Waals surface area contributed by atoms with E-state index in [9.17, 15) is 0 Å². The summed E-state index contributed by atoms with van der Waals surface area (Å²) in [5, 5.41) is 3.57. The van der Waals surface area contributed by atoms with E-state index in [1.807, 2.05) is 11.7 Å². The number of aromatic nitrogens is 1. The summed E-state index contributed by atoms with van der Waals surface area (Å²) in [6, 6.07) is 0. The summed E-state index contributed by atoms with van der Waals surface area (Å²) in [6.45, 7) is 2.82. The number of thiazole rings is 1. The fourth-order valence-corrected chi connectivity index (χ4v) is 3.28. The van der Waals surface area contributed by atoms with E-state index in [0.29, 0.717) is 5.41 Å². The third-order valence-corrected chi connectivity index (χ3v) is 4.66. The molecule has 1 heterocycles. The van der Waals surface area contributed by atoms with Gasteiger partial charge in [0.2, 0.25) is 0 Å². The van der Waals surface area contributed by atoms with E-state index >= 15 is 0 Å². The van der Waals surface area contributed by atoms with E-state index in [0.717, 1.165) is 19.6 Å². The zero-order valence-corrected chi connectivity index (χ0v) is 11.3. The second kappa shape index (κ2) is 6.47. The van der Waals surface area contributed by atoms with Gasteiger partial charge in [0.15, 0.2) is 0 Å². The van der Waals surface area contributed by atoms with Crippen molar-refractivity contribution in [2.45, 2.75) is 45.1 Å². The topological polar surface area (TPSA) is 50.9 Å². The smallest absolute Gasteiger partial charge is 0.0794 e. The molecular formula is C13H23N3S. The van der Waals surface area contributed by atoms with E-state index in [1.165, 1.54) is 43.4 Å². The number of rotatable bonds is 5. The van der Waals surface area contributed by atoms with Gasteiger partial charge in [0.05, 0.1) is 5.51 Å². The van der Waals surface area contributed by atoms with E-state index in [-0.39, 0.29) is 0 Å². The maximum Gasteiger partial charge on any atom is 0.0794 e. The van der Waals surface area contributed by atoms with Gasteiger partial charge in [-0.3, -0.25) is 4.98 Å². The van der Waals surface area contributed by atoms with Crippen molar-refractivity contribution >= 4 is 11.3 Å². The number of nitrogens with two attached hydrogens (primary N) is 1. The lowest BCUT2D eigenvalue weighted by Gasteiger charge is -2.31. The molecule has 3 N–H and O–H groups in total. The lowest BCUT2D eigenvalue weighted by Crippen LogP contribution is -2.39. The van der Waals surface area contributed by atoms with Crippen molar-refractivity contribution in [1.82, 2.24) is 10.3 Å². The summed E-state index contributed by atoms with van der Waals surface area (Å²) in [6.07, 6.45) is 9.99. The van der Waals surface area contributed by atoms with E-state index in [4.69, 9.17) is 5.73 Å². The Labute approximate surface area is 108 Å². The molecule has 0 aliphatic heterocycles. The van der Waals surface area contributed by atoms with Crippen LogP contribution in [0.25, 0.3) is 0 Å². The molecule has 1 aromatic heterocycles. The van der Waals surface area contributed by atoms with Gasteiger partial charge in [0.25, 0.3) is 0 Å². The first-order valence-electron chi connectivity index (χ1n) is 6.63. The fraction of sp³-hybridized carbons (Fsp3) is 0.769. The first-order valence-corrected chi connectivity index (χ1v) is 7.51. The molecule has 0 aromatic carbocycles. The lowest BCUT2D eigenvalue weighted by atomic mass is 9.80. The Morgan fingerprint density at radius 3 is 2.65 bits per heavy atom. The summed E-state index contributed by atoms with van der Waals surface area (Å²) in [5.41, 5.74) is 8.26. The van der Waals surface area contributed by atoms with Crippen LogP contribution in [-0.2, 0) is 6.54 Å². The maximum absolute atomic E-state index is 6.02. The molecule has 0 unspecified atom stereocenters. The van der Waals surface area contributed by atoms with Gasteiger partial charge < -0.3 is 11.1 Å². The summed E-state index contributed by atoms with van der Waals surface area (Å²) in [7, 11) is 0. The van der Waals surface area contributed by atoms with Crippen LogP contribution < -0.4 is 11.1 Å². The van der Waals surface area contributed by atoms with Crippen molar-refractivity contribution in [3.8, 4) is 0 Å². The van der Waals surface area contributed by atoms with Gasteiger partial charge in [-0.2, -0.15) is 0 Å². The third-order valence-electron chi connectivity index (χ3n) is 3.88. The average molecular weight is 253 g/mol. The molecule has 2 rings (SSSR count). The number of nitrogens with zero attached hydrogens (tertiary/aromatic N) is 1. The Kier molecular flexibility index (Phi) is 4.95. The van der Waals surface area contributed by atoms with Crippen LogP contribution in [0.3, 0.4) is 0 Å². The van der Waals surface area contributed by atoms with Crippen LogP contribution in [0.15, 0.2) is 11.7 Å². The van der Waals surface area contributed by atoms with Gasteiger partial charge in [0.1, 0.15) is 0 Å². The largest absolute Gasteiger partial charge is 0.330 e. The molecule has 0 amide bonds. The number of hydrogen-bond donors (Lipinski definition) is 2. The highest BCUT2D eigenvalue weighted by Crippen LogP contribution is 2.33. The minimum Gasteiger partial charge on any atom is -0.330 e. The van der Waals surface area contributed by atoms with E-state index in [1.54, 1.807) is 11.3 Å². The summed E-state index contributed by atoms with van der Waals surface area (Å²) in [4.78, 5) is 5.40. The monoisotopic (exact) mass is 253 g/mol. The maximum atomic E-state index is 6.02. The average Bonchev–Trinajstić information content (AvgIpc) is 2.75. The Hall–Kier alpha value is -0.450. The highest BCUT2D eigenvalue weighted by Gasteiger charge is 2.28. The molecule has 0 spiro atoms. The minimum atomic E-state index is 0.348. The SMILES string of the molecule is NCC1(CNCc2cncs2)CCCCCC1. The van der Waals surface area contributed by atoms with Crippen LogP contribution in [0.4, 0.5) is 0 Å². The van der Waals surface area contributed by atoms with Crippen molar-refractivity contribution in [3.05, 3.63) is 16.6 Å². The highest BCUT2D eigenvalue weighted by molar-refractivity contribution is 7.09. The summed E-state index contributed by atoms with van der Waals surface area (Å²) in [5.74, 6) is 0.